The monoisotopic (exact) mass is 250 g/mol. The van der Waals surface area contributed by atoms with Crippen molar-refractivity contribution in [3.63, 3.8) is 0 Å². The molecule has 0 aliphatic carbocycles. The van der Waals surface area contributed by atoms with Crippen LogP contribution in [0, 0.1) is 5.92 Å². The van der Waals surface area contributed by atoms with Gasteiger partial charge in [-0.15, -0.1) is 12.4 Å². The number of hydrogen-bond acceptors (Lipinski definition) is 3. The van der Waals surface area contributed by atoms with E-state index in [4.69, 9.17) is 10.5 Å². The third kappa shape index (κ3) is 5.68. The highest BCUT2D eigenvalue weighted by atomic mass is 35.5. The molecule has 1 amide bonds. The van der Waals surface area contributed by atoms with Gasteiger partial charge < -0.3 is 15.4 Å². The highest BCUT2D eigenvalue weighted by molar-refractivity contribution is 5.85. The van der Waals surface area contributed by atoms with Gasteiger partial charge in [0.1, 0.15) is 0 Å². The number of rotatable bonds is 5. The summed E-state index contributed by atoms with van der Waals surface area (Å²) in [5, 5.41) is 0. The lowest BCUT2D eigenvalue weighted by molar-refractivity contribution is -0.131. The number of nitrogens with zero attached hydrogens (tertiary/aromatic N) is 1. The SMILES string of the molecule is CN(CC1CCCOC1)C(=O)CCCN.Cl. The van der Waals surface area contributed by atoms with Crippen LogP contribution in [0.25, 0.3) is 0 Å². The minimum atomic E-state index is 0. The average Bonchev–Trinajstić information content (AvgIpc) is 2.27. The molecule has 4 nitrogen and oxygen atoms in total. The van der Waals surface area contributed by atoms with Gasteiger partial charge in [-0.1, -0.05) is 0 Å². The molecule has 96 valence electrons. The van der Waals surface area contributed by atoms with Gasteiger partial charge in [0.15, 0.2) is 0 Å². The molecule has 1 heterocycles. The first-order chi connectivity index (χ1) is 7.24. The summed E-state index contributed by atoms with van der Waals surface area (Å²) >= 11 is 0. The molecule has 0 spiro atoms. The van der Waals surface area contributed by atoms with Gasteiger partial charge in [-0.3, -0.25) is 4.79 Å². The van der Waals surface area contributed by atoms with Gasteiger partial charge in [-0.05, 0) is 31.7 Å². The number of nitrogens with two attached hydrogens (primary N) is 1. The third-order valence-electron chi connectivity index (χ3n) is 2.81. The number of ether oxygens (including phenoxy) is 1. The maximum absolute atomic E-state index is 11.6. The molecule has 5 heteroatoms. The molecule has 1 aliphatic rings. The lowest BCUT2D eigenvalue weighted by Crippen LogP contribution is -2.35. The summed E-state index contributed by atoms with van der Waals surface area (Å²) < 4.78 is 5.39. The van der Waals surface area contributed by atoms with E-state index < -0.39 is 0 Å². The van der Waals surface area contributed by atoms with Crippen LogP contribution in [0.4, 0.5) is 0 Å². The molecule has 2 N–H and O–H groups in total. The Morgan fingerprint density at radius 3 is 2.88 bits per heavy atom. The Bertz CT molecular complexity index is 196. The molecule has 0 aromatic heterocycles. The van der Waals surface area contributed by atoms with E-state index in [9.17, 15) is 4.79 Å². The van der Waals surface area contributed by atoms with Crippen molar-refractivity contribution in [1.29, 1.82) is 0 Å². The van der Waals surface area contributed by atoms with Crippen LogP contribution in [-0.2, 0) is 9.53 Å². The molecule has 0 saturated carbocycles. The Kier molecular flexibility index (Phi) is 8.61. The van der Waals surface area contributed by atoms with Crippen molar-refractivity contribution in [2.75, 3.05) is 33.4 Å². The molecule has 1 fully saturated rings. The second-order valence-electron chi connectivity index (χ2n) is 4.25. The Morgan fingerprint density at radius 1 is 1.56 bits per heavy atom. The van der Waals surface area contributed by atoms with Crippen molar-refractivity contribution in [1.82, 2.24) is 4.90 Å². The van der Waals surface area contributed by atoms with Gasteiger partial charge in [0.2, 0.25) is 5.91 Å². The summed E-state index contributed by atoms with van der Waals surface area (Å²) in [5.74, 6) is 0.719. The van der Waals surface area contributed by atoms with E-state index in [1.165, 1.54) is 6.42 Å². The second kappa shape index (κ2) is 8.79. The average molecular weight is 251 g/mol. The van der Waals surface area contributed by atoms with Crippen LogP contribution in [-0.4, -0.2) is 44.2 Å². The fourth-order valence-electron chi connectivity index (χ4n) is 1.88. The number of hydrogen-bond donors (Lipinski definition) is 1. The zero-order chi connectivity index (χ0) is 11.1. The molecular weight excluding hydrogens is 228 g/mol. The standard InChI is InChI=1S/C11H22N2O2.ClH/c1-13(11(14)5-2-6-12)8-10-4-3-7-15-9-10;/h10H,2-9,12H2,1H3;1H. The Labute approximate surface area is 104 Å². The first-order valence-corrected chi connectivity index (χ1v) is 5.76. The second-order valence-corrected chi connectivity index (χ2v) is 4.25. The summed E-state index contributed by atoms with van der Waals surface area (Å²) in [6.45, 7) is 3.09. The fraction of sp³-hybridized carbons (Fsp3) is 0.909. The van der Waals surface area contributed by atoms with Gasteiger partial charge in [0, 0.05) is 26.6 Å². The molecule has 1 unspecified atom stereocenters. The maximum Gasteiger partial charge on any atom is 0.222 e. The minimum absolute atomic E-state index is 0. The third-order valence-corrected chi connectivity index (χ3v) is 2.81. The number of carbonyl (C=O) groups excluding carboxylic acids is 1. The van der Waals surface area contributed by atoms with E-state index in [0.717, 1.165) is 32.6 Å². The van der Waals surface area contributed by atoms with Gasteiger partial charge in [-0.2, -0.15) is 0 Å². The Hall–Kier alpha value is -0.320. The molecule has 1 atom stereocenters. The van der Waals surface area contributed by atoms with Crippen LogP contribution in [0.5, 0.6) is 0 Å². The molecular formula is C11H23ClN2O2. The van der Waals surface area contributed by atoms with Crippen molar-refractivity contribution in [2.24, 2.45) is 11.7 Å². The van der Waals surface area contributed by atoms with Gasteiger partial charge >= 0.3 is 0 Å². The highest BCUT2D eigenvalue weighted by Gasteiger charge is 2.18. The maximum atomic E-state index is 11.6. The minimum Gasteiger partial charge on any atom is -0.381 e. The van der Waals surface area contributed by atoms with Crippen LogP contribution >= 0.6 is 12.4 Å². The molecule has 0 aromatic carbocycles. The molecule has 1 rings (SSSR count). The number of halogens is 1. The highest BCUT2D eigenvalue weighted by Crippen LogP contribution is 2.14. The predicted octanol–water partition coefficient (Wildman–Crippen LogP) is 1.03. The summed E-state index contributed by atoms with van der Waals surface area (Å²) in [4.78, 5) is 13.4. The fourth-order valence-corrected chi connectivity index (χ4v) is 1.88. The Balaban J connectivity index is 0.00000225. The van der Waals surface area contributed by atoms with E-state index in [1.54, 1.807) is 0 Å². The summed E-state index contributed by atoms with van der Waals surface area (Å²) in [6.07, 6.45) is 3.65. The van der Waals surface area contributed by atoms with E-state index in [1.807, 2.05) is 11.9 Å². The number of amides is 1. The van der Waals surface area contributed by atoms with Crippen molar-refractivity contribution in [3.05, 3.63) is 0 Å². The topological polar surface area (TPSA) is 55.6 Å². The van der Waals surface area contributed by atoms with Gasteiger partial charge in [0.05, 0.1) is 6.61 Å². The van der Waals surface area contributed by atoms with Crippen LogP contribution in [0.3, 0.4) is 0 Å². The van der Waals surface area contributed by atoms with Crippen molar-refractivity contribution < 1.29 is 9.53 Å². The van der Waals surface area contributed by atoms with E-state index in [-0.39, 0.29) is 18.3 Å². The molecule has 1 saturated heterocycles. The van der Waals surface area contributed by atoms with Gasteiger partial charge in [-0.25, -0.2) is 0 Å². The van der Waals surface area contributed by atoms with Crippen LogP contribution in [0.2, 0.25) is 0 Å². The van der Waals surface area contributed by atoms with E-state index in [2.05, 4.69) is 0 Å². The first-order valence-electron chi connectivity index (χ1n) is 5.76. The zero-order valence-electron chi connectivity index (χ0n) is 9.98. The van der Waals surface area contributed by atoms with Gasteiger partial charge in [0.25, 0.3) is 0 Å². The summed E-state index contributed by atoms with van der Waals surface area (Å²) in [6, 6.07) is 0. The largest absolute Gasteiger partial charge is 0.381 e. The molecule has 0 bridgehead atoms. The normalized spacial score (nSPS) is 20.0. The lowest BCUT2D eigenvalue weighted by atomic mass is 10.0. The summed E-state index contributed by atoms with van der Waals surface area (Å²) in [5.41, 5.74) is 5.37. The molecule has 16 heavy (non-hydrogen) atoms. The van der Waals surface area contributed by atoms with Crippen molar-refractivity contribution in [2.45, 2.75) is 25.7 Å². The molecule has 1 aliphatic heterocycles. The number of carbonyl (C=O) groups is 1. The molecule has 0 aromatic rings. The zero-order valence-corrected chi connectivity index (χ0v) is 10.8. The van der Waals surface area contributed by atoms with Crippen LogP contribution in [0.15, 0.2) is 0 Å². The van der Waals surface area contributed by atoms with Crippen LogP contribution < -0.4 is 5.73 Å². The predicted molar refractivity (Wildman–Crippen MR) is 66.7 cm³/mol. The van der Waals surface area contributed by atoms with Crippen LogP contribution in [0.1, 0.15) is 25.7 Å². The Morgan fingerprint density at radius 2 is 2.31 bits per heavy atom. The van der Waals surface area contributed by atoms with E-state index in [0.29, 0.717) is 18.9 Å². The summed E-state index contributed by atoms with van der Waals surface area (Å²) in [7, 11) is 1.87. The van der Waals surface area contributed by atoms with E-state index >= 15 is 0 Å². The quantitative estimate of drug-likeness (QED) is 0.793. The molecule has 0 radical (unpaired) electrons. The first kappa shape index (κ1) is 15.7. The van der Waals surface area contributed by atoms with Crippen molar-refractivity contribution in [3.8, 4) is 0 Å². The smallest absolute Gasteiger partial charge is 0.222 e. The van der Waals surface area contributed by atoms with Crippen molar-refractivity contribution >= 4 is 18.3 Å². The lowest BCUT2D eigenvalue weighted by Gasteiger charge is -2.27.